The fraction of sp³-hybridized carbons (Fsp3) is 0.364. The molecule has 0 aromatic carbocycles. The van der Waals surface area contributed by atoms with E-state index in [0.29, 0.717) is 11.6 Å². The van der Waals surface area contributed by atoms with E-state index in [1.165, 1.54) is 16.2 Å². The van der Waals surface area contributed by atoms with E-state index in [4.69, 9.17) is 0 Å². The second-order valence-corrected chi connectivity index (χ2v) is 5.58. The summed E-state index contributed by atoms with van der Waals surface area (Å²) >= 11 is 3.11. The lowest BCUT2D eigenvalue weighted by Gasteiger charge is -1.99. The number of aryl methyl sites for hydroxylation is 2. The van der Waals surface area contributed by atoms with Gasteiger partial charge in [-0.2, -0.15) is 0 Å². The molecule has 17 heavy (non-hydrogen) atoms. The first-order valence-corrected chi connectivity index (χ1v) is 7.12. The van der Waals surface area contributed by atoms with Crippen molar-refractivity contribution in [2.45, 2.75) is 26.2 Å². The monoisotopic (exact) mass is 267 g/mol. The summed E-state index contributed by atoms with van der Waals surface area (Å²) in [5.41, 5.74) is 0. The van der Waals surface area contributed by atoms with Crippen molar-refractivity contribution >= 4 is 33.7 Å². The molecule has 90 valence electrons. The lowest BCUT2D eigenvalue weighted by atomic mass is 10.2. The molecule has 6 heteroatoms. The van der Waals surface area contributed by atoms with Gasteiger partial charge in [-0.05, 0) is 24.3 Å². The van der Waals surface area contributed by atoms with Crippen molar-refractivity contribution in [2.24, 2.45) is 0 Å². The van der Waals surface area contributed by atoms with Gasteiger partial charge in [0.1, 0.15) is 5.01 Å². The second-order valence-electron chi connectivity index (χ2n) is 3.48. The first-order chi connectivity index (χ1) is 8.28. The Hall–Kier alpha value is -1.27. The maximum atomic E-state index is 11.6. The van der Waals surface area contributed by atoms with Gasteiger partial charge in [0, 0.05) is 11.3 Å². The molecule has 2 heterocycles. The molecular formula is C11H13N3OS2. The summed E-state index contributed by atoms with van der Waals surface area (Å²) in [6, 6.07) is 4.04. The average Bonchev–Trinajstić information content (AvgIpc) is 2.97. The van der Waals surface area contributed by atoms with Crippen LogP contribution in [0.2, 0.25) is 0 Å². The van der Waals surface area contributed by atoms with Gasteiger partial charge in [0.2, 0.25) is 11.0 Å². The van der Waals surface area contributed by atoms with Crippen molar-refractivity contribution in [3.8, 4) is 0 Å². The third kappa shape index (κ3) is 3.61. The van der Waals surface area contributed by atoms with Crippen LogP contribution in [0.1, 0.15) is 23.2 Å². The molecule has 0 aliphatic carbocycles. The van der Waals surface area contributed by atoms with Crippen molar-refractivity contribution in [1.82, 2.24) is 10.2 Å². The van der Waals surface area contributed by atoms with E-state index in [2.05, 4.69) is 15.5 Å². The molecule has 0 atom stereocenters. The summed E-state index contributed by atoms with van der Waals surface area (Å²) in [7, 11) is 0. The minimum atomic E-state index is -0.00259. The summed E-state index contributed by atoms with van der Waals surface area (Å²) in [6.45, 7) is 2.02. The van der Waals surface area contributed by atoms with Gasteiger partial charge in [0.15, 0.2) is 0 Å². The molecule has 0 saturated carbocycles. The van der Waals surface area contributed by atoms with Crippen LogP contribution in [0.25, 0.3) is 0 Å². The maximum Gasteiger partial charge on any atom is 0.226 e. The molecule has 2 aromatic rings. The molecular weight excluding hydrogens is 254 g/mol. The third-order valence-corrected chi connectivity index (χ3v) is 4.11. The number of amides is 1. The van der Waals surface area contributed by atoms with Gasteiger partial charge in [-0.15, -0.1) is 21.5 Å². The van der Waals surface area contributed by atoms with Gasteiger partial charge in [-0.1, -0.05) is 24.3 Å². The van der Waals surface area contributed by atoms with Gasteiger partial charge >= 0.3 is 0 Å². The van der Waals surface area contributed by atoms with Crippen LogP contribution in [0.5, 0.6) is 0 Å². The Balaban J connectivity index is 1.81. The molecule has 0 aliphatic heterocycles. The first-order valence-electron chi connectivity index (χ1n) is 5.42. The van der Waals surface area contributed by atoms with E-state index >= 15 is 0 Å². The highest BCUT2D eigenvalue weighted by atomic mass is 32.1. The van der Waals surface area contributed by atoms with Gasteiger partial charge in [-0.3, -0.25) is 4.79 Å². The van der Waals surface area contributed by atoms with E-state index in [1.807, 2.05) is 24.4 Å². The van der Waals surface area contributed by atoms with E-state index < -0.39 is 0 Å². The lowest BCUT2D eigenvalue weighted by molar-refractivity contribution is -0.116. The number of hydrogen-bond acceptors (Lipinski definition) is 5. The highest BCUT2D eigenvalue weighted by Crippen LogP contribution is 2.16. The fourth-order valence-electron chi connectivity index (χ4n) is 1.32. The number of hydrogen-bond donors (Lipinski definition) is 1. The molecule has 0 fully saturated rings. The number of nitrogens with one attached hydrogen (secondary N) is 1. The number of rotatable bonds is 5. The van der Waals surface area contributed by atoms with Crippen LogP contribution in [-0.2, 0) is 17.6 Å². The highest BCUT2D eigenvalue weighted by Gasteiger charge is 2.07. The molecule has 0 bridgehead atoms. The zero-order valence-electron chi connectivity index (χ0n) is 9.47. The molecule has 0 spiro atoms. The Kier molecular flexibility index (Phi) is 4.22. The Morgan fingerprint density at radius 3 is 3.00 bits per heavy atom. The van der Waals surface area contributed by atoms with Gasteiger partial charge < -0.3 is 5.32 Å². The lowest BCUT2D eigenvalue weighted by Crippen LogP contribution is -2.11. The standard InChI is InChI=1S/C11H13N3OS2/c1-2-10-13-14-11(17-10)12-9(15)6-5-8-4-3-7-16-8/h3-4,7H,2,5-6H2,1H3,(H,12,14,15). The van der Waals surface area contributed by atoms with Crippen LogP contribution in [0, 0.1) is 0 Å². The topological polar surface area (TPSA) is 54.9 Å². The normalized spacial score (nSPS) is 10.4. The van der Waals surface area contributed by atoms with Gasteiger partial charge in [-0.25, -0.2) is 0 Å². The van der Waals surface area contributed by atoms with Crippen LogP contribution in [0.15, 0.2) is 17.5 Å². The van der Waals surface area contributed by atoms with Crippen molar-refractivity contribution in [3.05, 3.63) is 27.4 Å². The summed E-state index contributed by atoms with van der Waals surface area (Å²) in [5, 5.41) is 14.2. The number of carbonyl (C=O) groups excluding carboxylic acids is 1. The summed E-state index contributed by atoms with van der Waals surface area (Å²) < 4.78 is 0. The van der Waals surface area contributed by atoms with Gasteiger partial charge in [0.25, 0.3) is 0 Å². The maximum absolute atomic E-state index is 11.6. The molecule has 4 nitrogen and oxygen atoms in total. The zero-order valence-corrected chi connectivity index (χ0v) is 11.1. The molecule has 1 amide bonds. The molecule has 2 aromatic heterocycles. The van der Waals surface area contributed by atoms with E-state index in [1.54, 1.807) is 11.3 Å². The van der Waals surface area contributed by atoms with Crippen molar-refractivity contribution in [1.29, 1.82) is 0 Å². The van der Waals surface area contributed by atoms with E-state index in [-0.39, 0.29) is 5.91 Å². The highest BCUT2D eigenvalue weighted by molar-refractivity contribution is 7.15. The summed E-state index contributed by atoms with van der Waals surface area (Å²) in [5.74, 6) is -0.00259. The Morgan fingerprint density at radius 2 is 2.35 bits per heavy atom. The Morgan fingerprint density at radius 1 is 1.47 bits per heavy atom. The fourth-order valence-corrected chi connectivity index (χ4v) is 2.72. The van der Waals surface area contributed by atoms with Crippen molar-refractivity contribution in [3.63, 3.8) is 0 Å². The first kappa shape index (κ1) is 12.2. The smallest absolute Gasteiger partial charge is 0.226 e. The number of aromatic nitrogens is 2. The molecule has 0 saturated heterocycles. The van der Waals surface area contributed by atoms with Crippen LogP contribution in [0.4, 0.5) is 5.13 Å². The predicted octanol–water partition coefficient (Wildman–Crippen LogP) is 2.73. The number of nitrogens with zero attached hydrogens (tertiary/aromatic N) is 2. The molecule has 2 rings (SSSR count). The zero-order chi connectivity index (χ0) is 12.1. The van der Waals surface area contributed by atoms with Crippen LogP contribution in [0.3, 0.4) is 0 Å². The number of carbonyl (C=O) groups is 1. The second kappa shape index (κ2) is 5.88. The molecule has 1 N–H and O–H groups in total. The minimum absolute atomic E-state index is 0.00259. The van der Waals surface area contributed by atoms with Gasteiger partial charge in [0.05, 0.1) is 0 Å². The molecule has 0 radical (unpaired) electrons. The molecule has 0 unspecified atom stereocenters. The van der Waals surface area contributed by atoms with Crippen molar-refractivity contribution < 1.29 is 4.79 Å². The minimum Gasteiger partial charge on any atom is -0.301 e. The Bertz CT molecular complexity index is 479. The van der Waals surface area contributed by atoms with Crippen LogP contribution >= 0.6 is 22.7 Å². The quantitative estimate of drug-likeness (QED) is 0.906. The summed E-state index contributed by atoms with van der Waals surface area (Å²) in [6.07, 6.45) is 2.12. The number of thiophene rings is 1. The Labute approximate surface area is 108 Å². The van der Waals surface area contributed by atoms with E-state index in [0.717, 1.165) is 17.8 Å². The largest absolute Gasteiger partial charge is 0.301 e. The van der Waals surface area contributed by atoms with Crippen LogP contribution < -0.4 is 5.32 Å². The van der Waals surface area contributed by atoms with Crippen LogP contribution in [-0.4, -0.2) is 16.1 Å². The average molecular weight is 267 g/mol. The van der Waals surface area contributed by atoms with Crippen molar-refractivity contribution in [2.75, 3.05) is 5.32 Å². The number of anilines is 1. The SMILES string of the molecule is CCc1nnc(NC(=O)CCc2cccs2)s1. The summed E-state index contributed by atoms with van der Waals surface area (Å²) in [4.78, 5) is 12.9. The van der Waals surface area contributed by atoms with E-state index in [9.17, 15) is 4.79 Å². The third-order valence-electron chi connectivity index (χ3n) is 2.19. The molecule has 0 aliphatic rings. The predicted molar refractivity (Wildman–Crippen MR) is 70.6 cm³/mol.